The summed E-state index contributed by atoms with van der Waals surface area (Å²) in [5.74, 6) is 0.964. The fraction of sp³-hybridized carbons (Fsp3) is 0.143. The first-order valence-corrected chi connectivity index (χ1v) is 7.32. The first-order valence-electron chi connectivity index (χ1n) is 5.58. The van der Waals surface area contributed by atoms with Crippen molar-refractivity contribution in [2.45, 2.75) is 11.3 Å². The summed E-state index contributed by atoms with van der Waals surface area (Å²) in [4.78, 5) is 1.12. The molecule has 0 radical (unpaired) electrons. The van der Waals surface area contributed by atoms with Gasteiger partial charge in [-0.05, 0) is 36.2 Å². The van der Waals surface area contributed by atoms with Crippen LogP contribution >= 0.6 is 35.0 Å². The van der Waals surface area contributed by atoms with Crippen LogP contribution in [0.1, 0.15) is 5.56 Å². The van der Waals surface area contributed by atoms with Crippen LogP contribution in [-0.2, 0) is 6.42 Å². The van der Waals surface area contributed by atoms with Gasteiger partial charge in [-0.3, -0.25) is 0 Å². The van der Waals surface area contributed by atoms with Crippen molar-refractivity contribution in [2.24, 2.45) is 0 Å². The van der Waals surface area contributed by atoms with Crippen LogP contribution in [0.2, 0.25) is 10.0 Å². The van der Waals surface area contributed by atoms with Gasteiger partial charge in [-0.25, -0.2) is 0 Å². The van der Waals surface area contributed by atoms with Crippen molar-refractivity contribution in [3.05, 3.63) is 58.1 Å². The molecule has 94 valence electrons. The van der Waals surface area contributed by atoms with E-state index in [0.29, 0.717) is 10.0 Å². The van der Waals surface area contributed by atoms with Gasteiger partial charge in [0, 0.05) is 16.3 Å². The predicted octanol–water partition coefficient (Wildman–Crippen LogP) is 4.91. The van der Waals surface area contributed by atoms with Crippen molar-refractivity contribution in [2.75, 3.05) is 11.5 Å². The number of para-hydroxylation sites is 1. The lowest BCUT2D eigenvalue weighted by molar-refractivity contribution is 1.16. The minimum Gasteiger partial charge on any atom is -0.399 e. The summed E-state index contributed by atoms with van der Waals surface area (Å²) in [6, 6.07) is 13.6. The molecule has 1 nitrogen and oxygen atoms in total. The van der Waals surface area contributed by atoms with Crippen molar-refractivity contribution in [3.8, 4) is 0 Å². The first kappa shape index (κ1) is 13.6. The van der Waals surface area contributed by atoms with Crippen LogP contribution in [0.5, 0.6) is 0 Å². The van der Waals surface area contributed by atoms with E-state index in [2.05, 4.69) is 6.07 Å². The van der Waals surface area contributed by atoms with E-state index in [4.69, 9.17) is 28.9 Å². The molecule has 0 bridgehead atoms. The molecule has 0 saturated heterocycles. The Morgan fingerprint density at radius 2 is 1.78 bits per heavy atom. The number of benzene rings is 2. The van der Waals surface area contributed by atoms with E-state index < -0.39 is 0 Å². The molecule has 18 heavy (non-hydrogen) atoms. The molecule has 0 saturated carbocycles. The lowest BCUT2D eigenvalue weighted by atomic mass is 10.1. The molecule has 2 N–H and O–H groups in total. The molecule has 2 rings (SSSR count). The first-order chi connectivity index (χ1) is 8.66. The summed E-state index contributed by atoms with van der Waals surface area (Å²) in [5, 5.41) is 1.19. The summed E-state index contributed by atoms with van der Waals surface area (Å²) < 4.78 is 0. The molecule has 0 heterocycles. The molecule has 0 aliphatic carbocycles. The van der Waals surface area contributed by atoms with Crippen molar-refractivity contribution in [3.63, 3.8) is 0 Å². The minimum absolute atomic E-state index is 0.591. The smallest absolute Gasteiger partial charge is 0.0603 e. The normalized spacial score (nSPS) is 10.6. The second-order valence-corrected chi connectivity index (χ2v) is 5.86. The van der Waals surface area contributed by atoms with E-state index in [1.807, 2.05) is 36.4 Å². The van der Waals surface area contributed by atoms with Gasteiger partial charge in [0.05, 0.1) is 10.0 Å². The Morgan fingerprint density at radius 3 is 2.50 bits per heavy atom. The molecule has 0 amide bonds. The second kappa shape index (κ2) is 6.37. The number of anilines is 1. The highest BCUT2D eigenvalue weighted by molar-refractivity contribution is 7.99. The average Bonchev–Trinajstić information content (AvgIpc) is 2.36. The number of rotatable bonds is 4. The highest BCUT2D eigenvalue weighted by atomic mass is 35.5. The van der Waals surface area contributed by atoms with Gasteiger partial charge in [0.25, 0.3) is 0 Å². The zero-order valence-electron chi connectivity index (χ0n) is 9.70. The maximum atomic E-state index is 5.97. The topological polar surface area (TPSA) is 26.0 Å². The molecular weight excluding hydrogens is 285 g/mol. The Bertz CT molecular complexity index is 543. The lowest BCUT2D eigenvalue weighted by Gasteiger charge is -2.06. The average molecular weight is 298 g/mol. The molecule has 4 heteroatoms. The standard InChI is InChI=1S/C14H13Cl2NS/c15-12-6-5-11(9-13(12)16)18-8-7-10-3-1-2-4-14(10)17/h1-6,9H,7-8,17H2. The number of hydrogen-bond donors (Lipinski definition) is 1. The number of thioether (sulfide) groups is 1. The molecule has 0 aromatic heterocycles. The Hall–Kier alpha value is -0.830. The highest BCUT2D eigenvalue weighted by Crippen LogP contribution is 2.28. The van der Waals surface area contributed by atoms with Crippen LogP contribution in [0.15, 0.2) is 47.4 Å². The van der Waals surface area contributed by atoms with Crippen LogP contribution in [0.25, 0.3) is 0 Å². The SMILES string of the molecule is Nc1ccccc1CCSc1ccc(Cl)c(Cl)c1. The van der Waals surface area contributed by atoms with E-state index in [-0.39, 0.29) is 0 Å². The van der Waals surface area contributed by atoms with Crippen molar-refractivity contribution >= 4 is 40.7 Å². The Balaban J connectivity index is 1.92. The number of halogens is 2. The van der Waals surface area contributed by atoms with Crippen LogP contribution in [0.3, 0.4) is 0 Å². The minimum atomic E-state index is 0.591. The summed E-state index contributed by atoms with van der Waals surface area (Å²) in [6.45, 7) is 0. The van der Waals surface area contributed by atoms with Gasteiger partial charge in [-0.2, -0.15) is 0 Å². The lowest BCUT2D eigenvalue weighted by Crippen LogP contribution is -1.95. The zero-order valence-corrected chi connectivity index (χ0v) is 12.0. The van der Waals surface area contributed by atoms with E-state index in [1.54, 1.807) is 11.8 Å². The number of aryl methyl sites for hydroxylation is 1. The van der Waals surface area contributed by atoms with E-state index in [0.717, 1.165) is 22.8 Å². The maximum absolute atomic E-state index is 5.97. The number of nitrogen functional groups attached to an aromatic ring is 1. The van der Waals surface area contributed by atoms with Crippen LogP contribution in [0, 0.1) is 0 Å². The maximum Gasteiger partial charge on any atom is 0.0603 e. The van der Waals surface area contributed by atoms with Crippen molar-refractivity contribution < 1.29 is 0 Å². The number of hydrogen-bond acceptors (Lipinski definition) is 2. The molecule has 0 fully saturated rings. The summed E-state index contributed by atoms with van der Waals surface area (Å²) in [5.41, 5.74) is 7.94. The van der Waals surface area contributed by atoms with E-state index >= 15 is 0 Å². The third-order valence-corrected chi connectivity index (χ3v) is 4.32. The largest absolute Gasteiger partial charge is 0.399 e. The van der Waals surface area contributed by atoms with E-state index in [1.165, 1.54) is 5.56 Å². The summed E-state index contributed by atoms with van der Waals surface area (Å²) in [7, 11) is 0. The third kappa shape index (κ3) is 3.58. The molecule has 2 aromatic carbocycles. The van der Waals surface area contributed by atoms with Gasteiger partial charge in [0.2, 0.25) is 0 Å². The second-order valence-electron chi connectivity index (χ2n) is 3.87. The molecule has 2 aromatic rings. The van der Waals surface area contributed by atoms with Crippen LogP contribution < -0.4 is 5.73 Å². The third-order valence-electron chi connectivity index (χ3n) is 2.59. The monoisotopic (exact) mass is 297 g/mol. The zero-order chi connectivity index (χ0) is 13.0. The summed E-state index contributed by atoms with van der Waals surface area (Å²) in [6.07, 6.45) is 0.942. The molecule has 0 spiro atoms. The highest BCUT2D eigenvalue weighted by Gasteiger charge is 2.02. The molecular formula is C14H13Cl2NS. The van der Waals surface area contributed by atoms with Gasteiger partial charge >= 0.3 is 0 Å². The fourth-order valence-electron chi connectivity index (χ4n) is 1.61. The molecule has 0 atom stereocenters. The van der Waals surface area contributed by atoms with Gasteiger partial charge in [0.15, 0.2) is 0 Å². The number of nitrogens with two attached hydrogens (primary N) is 1. The van der Waals surface area contributed by atoms with Gasteiger partial charge in [0.1, 0.15) is 0 Å². The molecule has 0 aliphatic rings. The van der Waals surface area contributed by atoms with E-state index in [9.17, 15) is 0 Å². The Labute approximate surface area is 121 Å². The Morgan fingerprint density at radius 1 is 1.00 bits per heavy atom. The predicted molar refractivity (Wildman–Crippen MR) is 81.7 cm³/mol. The van der Waals surface area contributed by atoms with Crippen LogP contribution in [0.4, 0.5) is 5.69 Å². The summed E-state index contributed by atoms with van der Waals surface area (Å²) >= 11 is 13.6. The fourth-order valence-corrected chi connectivity index (χ4v) is 2.89. The van der Waals surface area contributed by atoms with Crippen molar-refractivity contribution in [1.82, 2.24) is 0 Å². The molecule has 0 unspecified atom stereocenters. The van der Waals surface area contributed by atoms with Gasteiger partial charge in [-0.15, -0.1) is 11.8 Å². The molecule has 0 aliphatic heterocycles. The van der Waals surface area contributed by atoms with Crippen LogP contribution in [-0.4, -0.2) is 5.75 Å². The van der Waals surface area contributed by atoms with Gasteiger partial charge in [-0.1, -0.05) is 41.4 Å². The quantitative estimate of drug-likeness (QED) is 0.641. The Kier molecular flexibility index (Phi) is 4.81. The van der Waals surface area contributed by atoms with Crippen molar-refractivity contribution in [1.29, 1.82) is 0 Å². The van der Waals surface area contributed by atoms with Gasteiger partial charge < -0.3 is 5.73 Å².